The Bertz CT molecular complexity index is 1430. The molecule has 38 heavy (non-hydrogen) atoms. The summed E-state index contributed by atoms with van der Waals surface area (Å²) in [6.07, 6.45) is 8.20. The number of nitrogens with one attached hydrogen (secondary N) is 1. The summed E-state index contributed by atoms with van der Waals surface area (Å²) in [5.41, 5.74) is 5.75. The number of benzene rings is 2. The van der Waals surface area contributed by atoms with Gasteiger partial charge in [-0.05, 0) is 61.1 Å². The van der Waals surface area contributed by atoms with E-state index >= 15 is 0 Å². The Morgan fingerprint density at radius 2 is 1.87 bits per heavy atom. The molecule has 1 N–H and O–H groups in total. The normalized spacial score (nSPS) is 15.2. The molecule has 196 valence electrons. The van der Waals surface area contributed by atoms with E-state index in [1.54, 1.807) is 0 Å². The Morgan fingerprint density at radius 1 is 1.11 bits per heavy atom. The maximum atomic E-state index is 12.6. The molecule has 2 aromatic heterocycles. The van der Waals surface area contributed by atoms with E-state index in [0.717, 1.165) is 59.5 Å². The molecule has 1 atom stereocenters. The van der Waals surface area contributed by atoms with E-state index in [1.165, 1.54) is 5.56 Å². The molecule has 0 spiro atoms. The minimum Gasteiger partial charge on any atom is -0.460 e. The molecule has 2 aromatic carbocycles. The highest BCUT2D eigenvalue weighted by Crippen LogP contribution is 2.38. The maximum absolute atomic E-state index is 12.6. The average Bonchev–Trinajstić information content (AvgIpc) is 3.58. The van der Waals surface area contributed by atoms with E-state index in [2.05, 4.69) is 68.5 Å². The van der Waals surface area contributed by atoms with Gasteiger partial charge in [0.1, 0.15) is 11.4 Å². The molecule has 1 aliphatic rings. The van der Waals surface area contributed by atoms with Crippen LogP contribution in [-0.2, 0) is 16.0 Å². The number of ether oxygens (including phenoxy) is 1. The Kier molecular flexibility index (Phi) is 7.22. The van der Waals surface area contributed by atoms with Crippen LogP contribution in [0.2, 0.25) is 0 Å². The standard InChI is InChI=1S/C30H34N6O2/c1-5-6-11-27-31-19-26-22(18-28(37)38-30(2,3)4)16-17-25(36(26)27)21-14-12-20(13-15-21)23-9-7-8-10-24(23)29-32-34-35-33-29/h7-10,12-16,19,25H,5-6,11,17-18H2,1-4H3,(H,32,33,34,35). The summed E-state index contributed by atoms with van der Waals surface area (Å²) in [5, 5.41) is 14.6. The molecule has 3 heterocycles. The smallest absolute Gasteiger partial charge is 0.310 e. The van der Waals surface area contributed by atoms with Crippen molar-refractivity contribution < 1.29 is 9.53 Å². The third kappa shape index (κ3) is 5.44. The van der Waals surface area contributed by atoms with E-state index < -0.39 is 5.60 Å². The van der Waals surface area contributed by atoms with Gasteiger partial charge < -0.3 is 9.30 Å². The lowest BCUT2D eigenvalue weighted by molar-refractivity contribution is -0.153. The molecule has 0 fully saturated rings. The number of carbonyl (C=O) groups excluding carboxylic acids is 1. The van der Waals surface area contributed by atoms with Gasteiger partial charge in [-0.3, -0.25) is 4.79 Å². The second kappa shape index (κ2) is 10.7. The van der Waals surface area contributed by atoms with Crippen molar-refractivity contribution >= 4 is 11.5 Å². The molecule has 1 unspecified atom stereocenters. The number of unbranched alkanes of at least 4 members (excludes halogenated alkanes) is 1. The number of nitrogens with zero attached hydrogens (tertiary/aromatic N) is 5. The predicted octanol–water partition coefficient (Wildman–Crippen LogP) is 6.18. The summed E-state index contributed by atoms with van der Waals surface area (Å²) in [4.78, 5) is 17.4. The molecule has 1 aliphatic heterocycles. The molecule has 8 nitrogen and oxygen atoms in total. The molecule has 8 heteroatoms. The first-order valence-corrected chi connectivity index (χ1v) is 13.2. The second-order valence-electron chi connectivity index (χ2n) is 10.7. The lowest BCUT2D eigenvalue weighted by Crippen LogP contribution is -2.25. The third-order valence-electron chi connectivity index (χ3n) is 6.73. The van der Waals surface area contributed by atoms with Crippen molar-refractivity contribution in [1.82, 2.24) is 30.2 Å². The quantitative estimate of drug-likeness (QED) is 0.284. The van der Waals surface area contributed by atoms with Crippen LogP contribution >= 0.6 is 0 Å². The number of rotatable bonds is 8. The summed E-state index contributed by atoms with van der Waals surface area (Å²) in [5.74, 6) is 1.42. The molecule has 0 saturated carbocycles. The van der Waals surface area contributed by atoms with Gasteiger partial charge in [-0.15, -0.1) is 10.2 Å². The number of aromatic nitrogens is 6. The summed E-state index contributed by atoms with van der Waals surface area (Å²) in [6, 6.07) is 16.9. The van der Waals surface area contributed by atoms with Gasteiger partial charge in [-0.2, -0.15) is 5.21 Å². The molecular weight excluding hydrogens is 476 g/mol. The minimum atomic E-state index is -0.508. The van der Waals surface area contributed by atoms with Crippen LogP contribution < -0.4 is 0 Å². The average molecular weight is 511 g/mol. The summed E-state index contributed by atoms with van der Waals surface area (Å²) >= 11 is 0. The number of H-pyrrole nitrogens is 1. The highest BCUT2D eigenvalue weighted by Gasteiger charge is 2.28. The van der Waals surface area contributed by atoms with Crippen LogP contribution in [0.4, 0.5) is 0 Å². The first kappa shape index (κ1) is 25.6. The van der Waals surface area contributed by atoms with Crippen molar-refractivity contribution in [2.45, 2.75) is 71.4 Å². The van der Waals surface area contributed by atoms with Crippen molar-refractivity contribution in [2.75, 3.05) is 0 Å². The maximum Gasteiger partial charge on any atom is 0.310 e. The Hall–Kier alpha value is -4.07. The fraction of sp³-hybridized carbons (Fsp3) is 0.367. The van der Waals surface area contributed by atoms with Gasteiger partial charge in [0, 0.05) is 12.0 Å². The van der Waals surface area contributed by atoms with Crippen LogP contribution in [0.25, 0.3) is 28.1 Å². The Morgan fingerprint density at radius 3 is 2.55 bits per heavy atom. The van der Waals surface area contributed by atoms with Gasteiger partial charge in [0.05, 0.1) is 24.4 Å². The van der Waals surface area contributed by atoms with Gasteiger partial charge >= 0.3 is 5.97 Å². The van der Waals surface area contributed by atoms with Crippen LogP contribution in [0.5, 0.6) is 0 Å². The Balaban J connectivity index is 1.45. The van der Waals surface area contributed by atoms with Gasteiger partial charge in [0.25, 0.3) is 0 Å². The topological polar surface area (TPSA) is 98.6 Å². The number of aryl methyl sites for hydroxylation is 1. The SMILES string of the molecule is CCCCc1ncc2n1C(c1ccc(-c3ccccc3-c3nn[nH]n3)cc1)CC=C2CC(=O)OC(C)(C)C. The third-order valence-corrected chi connectivity index (χ3v) is 6.73. The molecule has 0 radical (unpaired) electrons. The van der Waals surface area contributed by atoms with Crippen molar-refractivity contribution in [2.24, 2.45) is 0 Å². The fourth-order valence-corrected chi connectivity index (χ4v) is 5.04. The number of esters is 1. The molecular formula is C30H34N6O2. The number of allylic oxidation sites excluding steroid dienone is 1. The van der Waals surface area contributed by atoms with Crippen LogP contribution in [0, 0.1) is 0 Å². The monoisotopic (exact) mass is 510 g/mol. The van der Waals surface area contributed by atoms with Gasteiger partial charge in [0.15, 0.2) is 0 Å². The molecule has 5 rings (SSSR count). The highest BCUT2D eigenvalue weighted by molar-refractivity contribution is 5.85. The predicted molar refractivity (Wildman–Crippen MR) is 147 cm³/mol. The molecule has 0 saturated heterocycles. The Labute approximate surface area is 223 Å². The van der Waals surface area contributed by atoms with Gasteiger partial charge in [0.2, 0.25) is 5.82 Å². The summed E-state index contributed by atoms with van der Waals surface area (Å²) < 4.78 is 7.94. The van der Waals surface area contributed by atoms with E-state index in [0.29, 0.717) is 5.82 Å². The number of aromatic amines is 1. The van der Waals surface area contributed by atoms with E-state index in [1.807, 2.05) is 45.2 Å². The van der Waals surface area contributed by atoms with Crippen molar-refractivity contribution in [3.8, 4) is 22.5 Å². The fourth-order valence-electron chi connectivity index (χ4n) is 5.04. The summed E-state index contributed by atoms with van der Waals surface area (Å²) in [6.45, 7) is 7.88. The number of carbonyl (C=O) groups is 1. The van der Waals surface area contributed by atoms with Gasteiger partial charge in [-0.25, -0.2) is 4.98 Å². The highest BCUT2D eigenvalue weighted by atomic mass is 16.6. The first-order chi connectivity index (χ1) is 18.3. The molecule has 0 amide bonds. The zero-order valence-corrected chi connectivity index (χ0v) is 22.4. The van der Waals surface area contributed by atoms with Crippen LogP contribution in [-0.4, -0.2) is 41.7 Å². The molecule has 4 aromatic rings. The lowest BCUT2D eigenvalue weighted by Gasteiger charge is -2.28. The number of imidazole rings is 1. The first-order valence-electron chi connectivity index (χ1n) is 13.2. The van der Waals surface area contributed by atoms with Crippen LogP contribution in [0.1, 0.15) is 76.5 Å². The van der Waals surface area contributed by atoms with Crippen molar-refractivity contribution in [3.63, 3.8) is 0 Å². The molecule has 0 aliphatic carbocycles. The summed E-state index contributed by atoms with van der Waals surface area (Å²) in [7, 11) is 0. The number of hydrogen-bond acceptors (Lipinski definition) is 6. The van der Waals surface area contributed by atoms with Crippen LogP contribution in [0.3, 0.4) is 0 Å². The second-order valence-corrected chi connectivity index (χ2v) is 10.7. The van der Waals surface area contributed by atoms with E-state index in [4.69, 9.17) is 9.72 Å². The number of tetrazole rings is 1. The zero-order valence-electron chi connectivity index (χ0n) is 22.4. The van der Waals surface area contributed by atoms with Crippen molar-refractivity contribution in [1.29, 1.82) is 0 Å². The van der Waals surface area contributed by atoms with Crippen molar-refractivity contribution in [3.05, 3.63) is 77.9 Å². The van der Waals surface area contributed by atoms with E-state index in [-0.39, 0.29) is 18.4 Å². The minimum absolute atomic E-state index is 0.114. The number of fused-ring (bicyclic) bond motifs is 1. The lowest BCUT2D eigenvalue weighted by atomic mass is 9.92. The largest absolute Gasteiger partial charge is 0.460 e. The zero-order chi connectivity index (χ0) is 26.7. The number of hydrogen-bond donors (Lipinski definition) is 1. The van der Waals surface area contributed by atoms with Gasteiger partial charge in [-0.1, -0.05) is 68.0 Å². The molecule has 0 bridgehead atoms. The van der Waals surface area contributed by atoms with E-state index in [9.17, 15) is 4.79 Å². The van der Waals surface area contributed by atoms with Crippen LogP contribution in [0.15, 0.2) is 60.8 Å².